The number of amides is 1. The van der Waals surface area contributed by atoms with E-state index in [4.69, 9.17) is 9.15 Å². The third-order valence-corrected chi connectivity index (χ3v) is 5.79. The van der Waals surface area contributed by atoms with Crippen molar-refractivity contribution in [1.29, 1.82) is 0 Å². The first-order chi connectivity index (χ1) is 15.9. The van der Waals surface area contributed by atoms with Crippen LogP contribution < -0.4 is 15.7 Å². The molecule has 0 atom stereocenters. The van der Waals surface area contributed by atoms with E-state index in [1.54, 1.807) is 37.3 Å². The molecular formula is C25H28FN3O4. The van der Waals surface area contributed by atoms with E-state index < -0.39 is 0 Å². The lowest BCUT2D eigenvalue weighted by molar-refractivity contribution is -0.117. The Hall–Kier alpha value is -3.23. The predicted octanol–water partition coefficient (Wildman–Crippen LogP) is 3.40. The number of aryl methyl sites for hydroxylation is 1. The van der Waals surface area contributed by atoms with E-state index in [2.05, 4.69) is 15.1 Å². The van der Waals surface area contributed by atoms with Crippen LogP contribution in [0.3, 0.4) is 0 Å². The van der Waals surface area contributed by atoms with Crippen LogP contribution in [-0.2, 0) is 11.3 Å². The van der Waals surface area contributed by atoms with Gasteiger partial charge in [0.25, 0.3) is 0 Å². The van der Waals surface area contributed by atoms with Crippen molar-refractivity contribution in [1.82, 2.24) is 9.80 Å². The first-order valence-corrected chi connectivity index (χ1v) is 11.1. The highest BCUT2D eigenvalue weighted by Crippen LogP contribution is 2.24. The number of rotatable bonds is 7. The van der Waals surface area contributed by atoms with E-state index in [-0.39, 0.29) is 23.9 Å². The Labute approximate surface area is 191 Å². The number of piperazine rings is 1. The largest absolute Gasteiger partial charge is 0.494 e. The van der Waals surface area contributed by atoms with Gasteiger partial charge in [-0.05, 0) is 55.3 Å². The first kappa shape index (κ1) is 22.9. The molecule has 1 amide bonds. The van der Waals surface area contributed by atoms with Crippen LogP contribution in [0.1, 0.15) is 18.1 Å². The number of nitrogens with zero attached hydrogens (tertiary/aromatic N) is 2. The van der Waals surface area contributed by atoms with Gasteiger partial charge in [-0.25, -0.2) is 9.18 Å². The SMILES string of the molecule is CCOc1ccc2oc(=O)cc(CN3CCN(CC(=O)Nc4ccc(C)c(F)c4)CC3)c2c1. The van der Waals surface area contributed by atoms with E-state index in [0.717, 1.165) is 42.9 Å². The quantitative estimate of drug-likeness (QED) is 0.553. The number of anilines is 1. The lowest BCUT2D eigenvalue weighted by atomic mass is 10.1. The summed E-state index contributed by atoms with van der Waals surface area (Å²) >= 11 is 0. The fourth-order valence-corrected chi connectivity index (χ4v) is 4.01. The van der Waals surface area contributed by atoms with Crippen molar-refractivity contribution in [3.63, 3.8) is 0 Å². The van der Waals surface area contributed by atoms with Crippen LogP contribution in [0.2, 0.25) is 0 Å². The fourth-order valence-electron chi connectivity index (χ4n) is 4.01. The number of halogens is 1. The molecular weight excluding hydrogens is 425 g/mol. The van der Waals surface area contributed by atoms with Gasteiger partial charge in [-0.1, -0.05) is 6.07 Å². The summed E-state index contributed by atoms with van der Waals surface area (Å²) in [5.41, 5.74) is 2.08. The summed E-state index contributed by atoms with van der Waals surface area (Å²) in [6.07, 6.45) is 0. The number of ether oxygens (including phenoxy) is 1. The molecule has 1 aliphatic heterocycles. The first-order valence-electron chi connectivity index (χ1n) is 11.1. The molecule has 3 aromatic rings. The molecule has 1 aromatic heterocycles. The predicted molar refractivity (Wildman–Crippen MR) is 125 cm³/mol. The van der Waals surface area contributed by atoms with Crippen molar-refractivity contribution in [2.75, 3.05) is 44.6 Å². The third-order valence-electron chi connectivity index (χ3n) is 5.79. The lowest BCUT2D eigenvalue weighted by Crippen LogP contribution is -2.48. The summed E-state index contributed by atoms with van der Waals surface area (Å²) in [5.74, 6) is 0.239. The maximum Gasteiger partial charge on any atom is 0.336 e. The molecule has 1 fully saturated rings. The number of carbonyl (C=O) groups excluding carboxylic acids is 1. The molecule has 33 heavy (non-hydrogen) atoms. The van der Waals surface area contributed by atoms with Gasteiger partial charge in [0.15, 0.2) is 0 Å². The molecule has 1 N–H and O–H groups in total. The molecule has 1 aliphatic rings. The Morgan fingerprint density at radius 3 is 2.58 bits per heavy atom. The van der Waals surface area contributed by atoms with Crippen LogP contribution >= 0.6 is 0 Å². The highest BCUT2D eigenvalue weighted by Gasteiger charge is 2.20. The molecule has 2 heterocycles. The Balaban J connectivity index is 1.35. The molecule has 8 heteroatoms. The summed E-state index contributed by atoms with van der Waals surface area (Å²) in [4.78, 5) is 28.7. The number of nitrogens with one attached hydrogen (secondary N) is 1. The Bertz CT molecular complexity index is 1200. The van der Waals surface area contributed by atoms with Gasteiger partial charge >= 0.3 is 5.63 Å². The number of hydrogen-bond acceptors (Lipinski definition) is 6. The smallest absolute Gasteiger partial charge is 0.336 e. The molecule has 1 saturated heterocycles. The normalized spacial score (nSPS) is 15.0. The second kappa shape index (κ2) is 10.1. The van der Waals surface area contributed by atoms with Crippen molar-refractivity contribution in [2.45, 2.75) is 20.4 Å². The molecule has 0 aliphatic carbocycles. The van der Waals surface area contributed by atoms with Gasteiger partial charge < -0.3 is 14.5 Å². The Kier molecular flexibility index (Phi) is 7.05. The minimum Gasteiger partial charge on any atom is -0.494 e. The summed E-state index contributed by atoms with van der Waals surface area (Å²) in [6.45, 7) is 8.00. The van der Waals surface area contributed by atoms with Crippen LogP contribution in [0.4, 0.5) is 10.1 Å². The number of benzene rings is 2. The van der Waals surface area contributed by atoms with E-state index in [0.29, 0.717) is 30.0 Å². The zero-order valence-corrected chi connectivity index (χ0v) is 18.9. The van der Waals surface area contributed by atoms with E-state index in [1.807, 2.05) is 13.0 Å². The van der Waals surface area contributed by atoms with Gasteiger partial charge in [0.2, 0.25) is 5.91 Å². The molecule has 0 spiro atoms. The summed E-state index contributed by atoms with van der Waals surface area (Å²) in [6, 6.07) is 11.7. The molecule has 0 unspecified atom stereocenters. The summed E-state index contributed by atoms with van der Waals surface area (Å²) < 4.78 is 24.6. The second-order valence-corrected chi connectivity index (χ2v) is 8.25. The maximum absolute atomic E-state index is 13.7. The van der Waals surface area contributed by atoms with Crippen LogP contribution in [0.15, 0.2) is 51.7 Å². The molecule has 4 rings (SSSR count). The number of fused-ring (bicyclic) bond motifs is 1. The van der Waals surface area contributed by atoms with Gasteiger partial charge in [-0.15, -0.1) is 0 Å². The fraction of sp³-hybridized carbons (Fsp3) is 0.360. The molecule has 0 saturated carbocycles. The average molecular weight is 454 g/mol. The van der Waals surface area contributed by atoms with Crippen molar-refractivity contribution < 1.29 is 18.3 Å². The van der Waals surface area contributed by atoms with E-state index in [9.17, 15) is 14.0 Å². The molecule has 7 nitrogen and oxygen atoms in total. The lowest BCUT2D eigenvalue weighted by Gasteiger charge is -2.34. The van der Waals surface area contributed by atoms with Gasteiger partial charge in [-0.3, -0.25) is 14.6 Å². The topological polar surface area (TPSA) is 75.0 Å². The minimum atomic E-state index is -0.371. The second-order valence-electron chi connectivity index (χ2n) is 8.25. The van der Waals surface area contributed by atoms with E-state index >= 15 is 0 Å². The molecule has 2 aromatic carbocycles. The average Bonchev–Trinajstić information content (AvgIpc) is 2.78. The Morgan fingerprint density at radius 2 is 1.85 bits per heavy atom. The maximum atomic E-state index is 13.7. The molecule has 0 bridgehead atoms. The van der Waals surface area contributed by atoms with Crippen LogP contribution in [0, 0.1) is 12.7 Å². The Morgan fingerprint density at radius 1 is 1.09 bits per heavy atom. The van der Waals surface area contributed by atoms with Crippen molar-refractivity contribution in [3.05, 3.63) is 69.8 Å². The van der Waals surface area contributed by atoms with Crippen molar-refractivity contribution in [2.24, 2.45) is 0 Å². The zero-order chi connectivity index (χ0) is 23.4. The monoisotopic (exact) mass is 453 g/mol. The third kappa shape index (κ3) is 5.77. The minimum absolute atomic E-state index is 0.165. The van der Waals surface area contributed by atoms with Gasteiger partial charge in [0.1, 0.15) is 17.1 Å². The highest BCUT2D eigenvalue weighted by molar-refractivity contribution is 5.92. The van der Waals surface area contributed by atoms with Crippen LogP contribution in [0.5, 0.6) is 5.75 Å². The van der Waals surface area contributed by atoms with Crippen LogP contribution in [-0.4, -0.2) is 55.0 Å². The number of hydrogen-bond donors (Lipinski definition) is 1. The van der Waals surface area contributed by atoms with E-state index in [1.165, 1.54) is 6.07 Å². The van der Waals surface area contributed by atoms with Gasteiger partial charge in [0.05, 0.1) is 13.2 Å². The van der Waals surface area contributed by atoms with Crippen molar-refractivity contribution in [3.8, 4) is 5.75 Å². The van der Waals surface area contributed by atoms with Gasteiger partial charge in [-0.2, -0.15) is 0 Å². The summed E-state index contributed by atoms with van der Waals surface area (Å²) in [7, 11) is 0. The van der Waals surface area contributed by atoms with Crippen molar-refractivity contribution >= 4 is 22.6 Å². The number of carbonyl (C=O) groups is 1. The highest BCUT2D eigenvalue weighted by atomic mass is 19.1. The standard InChI is InChI=1S/C25H28FN3O4/c1-3-32-20-6-7-23-21(14-20)18(12-25(31)33-23)15-28-8-10-29(11-9-28)16-24(30)27-19-5-4-17(2)22(26)13-19/h4-7,12-14H,3,8-11,15-16H2,1-2H3,(H,27,30). The summed E-state index contributed by atoms with van der Waals surface area (Å²) in [5, 5.41) is 3.63. The van der Waals surface area contributed by atoms with Gasteiger partial charge in [0, 0.05) is 49.9 Å². The molecule has 0 radical (unpaired) electrons. The molecule has 174 valence electrons. The zero-order valence-electron chi connectivity index (χ0n) is 18.9. The van der Waals surface area contributed by atoms with Crippen LogP contribution in [0.25, 0.3) is 11.0 Å².